The molecule has 0 aliphatic rings. The smallest absolute Gasteiger partial charge is 0.220 e. The molecule has 0 unspecified atom stereocenters. The molecule has 1 amide bonds. The predicted octanol–water partition coefficient (Wildman–Crippen LogP) is 7.58. The molecule has 0 saturated carbocycles. The lowest BCUT2D eigenvalue weighted by Crippen LogP contribution is -2.34. The minimum Gasteiger partial charge on any atom is -0.375 e. The Kier molecular flexibility index (Phi) is 18.5. The fourth-order valence-electron chi connectivity index (χ4n) is 3.88. The van der Waals surface area contributed by atoms with Gasteiger partial charge >= 0.3 is 0 Å². The van der Waals surface area contributed by atoms with E-state index in [2.05, 4.69) is 46.9 Å². The lowest BCUT2D eigenvalue weighted by molar-refractivity contribution is -0.122. The highest BCUT2D eigenvalue weighted by molar-refractivity contribution is 5.75. The van der Waals surface area contributed by atoms with Crippen LogP contribution in [-0.2, 0) is 14.3 Å². The quantitative estimate of drug-likeness (QED) is 0.176. The summed E-state index contributed by atoms with van der Waals surface area (Å²) < 4.78 is 12.0. The van der Waals surface area contributed by atoms with E-state index in [1.807, 2.05) is 0 Å². The zero-order chi connectivity index (χ0) is 23.4. The molecule has 0 aromatic heterocycles. The van der Waals surface area contributed by atoms with Gasteiger partial charge in [-0.2, -0.15) is 0 Å². The highest BCUT2D eigenvalue weighted by Gasteiger charge is 2.22. The van der Waals surface area contributed by atoms with Crippen molar-refractivity contribution < 1.29 is 14.3 Å². The van der Waals surface area contributed by atoms with E-state index >= 15 is 0 Å². The second-order valence-electron chi connectivity index (χ2n) is 10.4. The maximum atomic E-state index is 12.0. The first-order chi connectivity index (χ1) is 14.7. The van der Waals surface area contributed by atoms with Gasteiger partial charge in [-0.05, 0) is 47.0 Å². The van der Waals surface area contributed by atoms with Gasteiger partial charge in [0.2, 0.25) is 5.91 Å². The monoisotopic (exact) mass is 441 g/mol. The number of hydrogen-bond acceptors (Lipinski definition) is 3. The van der Waals surface area contributed by atoms with Crippen LogP contribution in [0.1, 0.15) is 138 Å². The Morgan fingerprint density at radius 2 is 1.13 bits per heavy atom. The summed E-state index contributed by atoms with van der Waals surface area (Å²) in [5, 5.41) is 2.99. The number of ether oxygens (including phenoxy) is 2. The fourth-order valence-corrected chi connectivity index (χ4v) is 3.88. The Bertz CT molecular complexity index is 421. The number of nitrogens with one attached hydrogen (secondary N) is 1. The average molecular weight is 442 g/mol. The Morgan fingerprint density at radius 3 is 1.68 bits per heavy atom. The molecule has 0 radical (unpaired) electrons. The molecule has 0 fully saturated rings. The van der Waals surface area contributed by atoms with Crippen LogP contribution in [0, 0.1) is 0 Å². The highest BCUT2D eigenvalue weighted by Crippen LogP contribution is 2.20. The number of amides is 1. The molecule has 1 N–H and O–H groups in total. The van der Waals surface area contributed by atoms with Crippen molar-refractivity contribution in [1.82, 2.24) is 5.32 Å². The Morgan fingerprint density at radius 1 is 0.645 bits per heavy atom. The minimum absolute atomic E-state index is 0.0625. The third-order valence-corrected chi connectivity index (χ3v) is 5.97. The number of carbonyl (C=O) groups is 1. The summed E-state index contributed by atoms with van der Waals surface area (Å²) in [6.45, 7) is 14.8. The van der Waals surface area contributed by atoms with Gasteiger partial charge in [0, 0.05) is 13.0 Å². The van der Waals surface area contributed by atoms with Gasteiger partial charge < -0.3 is 14.8 Å². The highest BCUT2D eigenvalue weighted by atomic mass is 16.5. The first-order valence-electron chi connectivity index (χ1n) is 13.3. The zero-order valence-electron chi connectivity index (χ0n) is 22.0. The van der Waals surface area contributed by atoms with E-state index in [9.17, 15) is 4.79 Å². The first-order valence-corrected chi connectivity index (χ1v) is 13.3. The molecule has 0 aliphatic carbocycles. The molecule has 0 spiro atoms. The lowest BCUT2D eigenvalue weighted by atomic mass is 10.0. The summed E-state index contributed by atoms with van der Waals surface area (Å²) in [5.74, 6) is 0.155. The van der Waals surface area contributed by atoms with Crippen molar-refractivity contribution in [3.63, 3.8) is 0 Å². The predicted molar refractivity (Wildman–Crippen MR) is 134 cm³/mol. The summed E-state index contributed by atoms with van der Waals surface area (Å²) >= 11 is 0. The van der Waals surface area contributed by atoms with Crippen LogP contribution in [-0.4, -0.2) is 36.9 Å². The lowest BCUT2D eigenvalue weighted by Gasteiger charge is -2.29. The van der Waals surface area contributed by atoms with Gasteiger partial charge in [0.15, 0.2) is 0 Å². The molecule has 0 saturated heterocycles. The second-order valence-corrected chi connectivity index (χ2v) is 10.4. The Labute approximate surface area is 194 Å². The van der Waals surface area contributed by atoms with Gasteiger partial charge in [0.05, 0.1) is 24.4 Å². The van der Waals surface area contributed by atoms with Crippen LogP contribution >= 0.6 is 0 Å². The summed E-state index contributed by atoms with van der Waals surface area (Å²) in [6.07, 6.45) is 18.1. The van der Waals surface area contributed by atoms with Crippen molar-refractivity contribution in [3.8, 4) is 0 Å². The van der Waals surface area contributed by atoms with E-state index in [1.165, 1.54) is 64.2 Å². The van der Waals surface area contributed by atoms with Crippen LogP contribution in [0.4, 0.5) is 0 Å². The Balaban J connectivity index is 3.56. The molecule has 4 heteroatoms. The average Bonchev–Trinajstić information content (AvgIpc) is 2.69. The molecule has 0 aliphatic heterocycles. The molecule has 0 bridgehead atoms. The van der Waals surface area contributed by atoms with Crippen LogP contribution in [0.2, 0.25) is 0 Å². The molecule has 0 aromatic carbocycles. The number of hydrogen-bond donors (Lipinski definition) is 1. The summed E-state index contributed by atoms with van der Waals surface area (Å²) in [4.78, 5) is 12.0. The number of unbranched alkanes of at least 4 members (excludes halogenated alkanes) is 10. The molecule has 31 heavy (non-hydrogen) atoms. The van der Waals surface area contributed by atoms with Gasteiger partial charge in [0.25, 0.3) is 0 Å². The summed E-state index contributed by atoms with van der Waals surface area (Å²) in [5.41, 5.74) is -0.296. The van der Waals surface area contributed by atoms with Crippen LogP contribution in [0.5, 0.6) is 0 Å². The van der Waals surface area contributed by atoms with E-state index in [4.69, 9.17) is 9.47 Å². The van der Waals surface area contributed by atoms with Crippen molar-refractivity contribution in [3.05, 3.63) is 0 Å². The SMILES string of the molecule is CCCCCCCCCCCCCC(=O)NCCOC(C)(C)CCOC(C)(C)CCC. The molecular weight excluding hydrogens is 386 g/mol. The number of rotatable bonds is 22. The van der Waals surface area contributed by atoms with Crippen molar-refractivity contribution in [2.75, 3.05) is 19.8 Å². The number of carbonyl (C=O) groups excluding carboxylic acids is 1. The van der Waals surface area contributed by atoms with E-state index in [0.29, 0.717) is 26.2 Å². The van der Waals surface area contributed by atoms with E-state index < -0.39 is 0 Å². The van der Waals surface area contributed by atoms with Crippen molar-refractivity contribution in [1.29, 1.82) is 0 Å². The zero-order valence-corrected chi connectivity index (χ0v) is 22.0. The van der Waals surface area contributed by atoms with Gasteiger partial charge in [-0.1, -0.05) is 84.5 Å². The fraction of sp³-hybridized carbons (Fsp3) is 0.963. The Hall–Kier alpha value is -0.610. The molecule has 0 heterocycles. The van der Waals surface area contributed by atoms with Gasteiger partial charge in [-0.3, -0.25) is 4.79 Å². The maximum absolute atomic E-state index is 12.0. The molecule has 0 aromatic rings. The van der Waals surface area contributed by atoms with Crippen molar-refractivity contribution in [2.24, 2.45) is 0 Å². The van der Waals surface area contributed by atoms with E-state index in [1.54, 1.807) is 0 Å². The first kappa shape index (κ1) is 30.4. The summed E-state index contributed by atoms with van der Waals surface area (Å²) in [6, 6.07) is 0. The van der Waals surface area contributed by atoms with Crippen LogP contribution in [0.3, 0.4) is 0 Å². The summed E-state index contributed by atoms with van der Waals surface area (Å²) in [7, 11) is 0. The largest absolute Gasteiger partial charge is 0.375 e. The normalized spacial score (nSPS) is 12.3. The third kappa shape index (κ3) is 21.0. The van der Waals surface area contributed by atoms with E-state index in [0.717, 1.165) is 25.7 Å². The molecule has 4 nitrogen and oxygen atoms in total. The third-order valence-electron chi connectivity index (χ3n) is 5.97. The van der Waals surface area contributed by atoms with Crippen LogP contribution < -0.4 is 5.32 Å². The molecule has 0 rings (SSSR count). The van der Waals surface area contributed by atoms with Crippen LogP contribution in [0.15, 0.2) is 0 Å². The van der Waals surface area contributed by atoms with Gasteiger partial charge in [-0.25, -0.2) is 0 Å². The van der Waals surface area contributed by atoms with Gasteiger partial charge in [0.1, 0.15) is 0 Å². The maximum Gasteiger partial charge on any atom is 0.220 e. The van der Waals surface area contributed by atoms with Crippen LogP contribution in [0.25, 0.3) is 0 Å². The van der Waals surface area contributed by atoms with Crippen molar-refractivity contribution in [2.45, 2.75) is 149 Å². The molecule has 186 valence electrons. The van der Waals surface area contributed by atoms with E-state index in [-0.39, 0.29) is 17.1 Å². The standard InChI is InChI=1S/C27H55NO3/c1-7-9-10-11-12-13-14-15-16-17-18-19-25(29)28-22-24-31-27(5,6)21-23-30-26(3,4)20-8-2/h7-24H2,1-6H3,(H,28,29). The topological polar surface area (TPSA) is 47.6 Å². The van der Waals surface area contributed by atoms with Crippen molar-refractivity contribution >= 4 is 5.91 Å². The van der Waals surface area contributed by atoms with Gasteiger partial charge in [-0.15, -0.1) is 0 Å². The second kappa shape index (κ2) is 18.9. The molecule has 0 atom stereocenters. The molecular formula is C27H55NO3. The minimum atomic E-state index is -0.233.